The van der Waals surface area contributed by atoms with Crippen molar-refractivity contribution in [1.82, 2.24) is 0 Å². The van der Waals surface area contributed by atoms with Crippen LogP contribution in [-0.2, 0) is 4.79 Å². The standard InChI is InChI=1S/C9H7ClF2O3/c10-8-5(11)2-1-4(9(8)12)6(13)3-7(14)15/h1-2,6,13H,3H2,(H,14,15)/t6-/m0/s1. The van der Waals surface area contributed by atoms with Crippen molar-refractivity contribution in [3.63, 3.8) is 0 Å². The van der Waals surface area contributed by atoms with Crippen LogP contribution in [0.4, 0.5) is 8.78 Å². The highest BCUT2D eigenvalue weighted by Gasteiger charge is 2.19. The van der Waals surface area contributed by atoms with E-state index in [1.807, 2.05) is 0 Å². The summed E-state index contributed by atoms with van der Waals surface area (Å²) in [7, 11) is 0. The SMILES string of the molecule is O=C(O)C[C@H](O)c1ccc(F)c(Cl)c1F. The highest BCUT2D eigenvalue weighted by atomic mass is 35.5. The summed E-state index contributed by atoms with van der Waals surface area (Å²) in [5.41, 5.74) is -0.330. The molecule has 82 valence electrons. The summed E-state index contributed by atoms with van der Waals surface area (Å²) in [5, 5.41) is 16.9. The predicted molar refractivity (Wildman–Crippen MR) is 48.6 cm³/mol. The lowest BCUT2D eigenvalue weighted by atomic mass is 10.1. The summed E-state index contributed by atoms with van der Waals surface area (Å²) in [6.45, 7) is 0. The van der Waals surface area contributed by atoms with E-state index in [1.54, 1.807) is 0 Å². The van der Waals surface area contributed by atoms with Gasteiger partial charge >= 0.3 is 5.97 Å². The predicted octanol–water partition coefficient (Wildman–Crippen LogP) is 2.13. The maximum absolute atomic E-state index is 13.2. The van der Waals surface area contributed by atoms with Crippen LogP contribution in [-0.4, -0.2) is 16.2 Å². The third kappa shape index (κ3) is 2.64. The van der Waals surface area contributed by atoms with Gasteiger partial charge in [-0.15, -0.1) is 0 Å². The summed E-state index contributed by atoms with van der Waals surface area (Å²) < 4.78 is 26.0. The quantitative estimate of drug-likeness (QED) is 0.791. The number of carboxylic acid groups (broad SMARTS) is 1. The summed E-state index contributed by atoms with van der Waals surface area (Å²) in [5.74, 6) is -3.38. The Labute approximate surface area is 88.9 Å². The normalized spacial score (nSPS) is 12.5. The number of aliphatic hydroxyl groups excluding tert-OH is 1. The molecule has 3 nitrogen and oxygen atoms in total. The van der Waals surface area contributed by atoms with E-state index in [0.29, 0.717) is 0 Å². The van der Waals surface area contributed by atoms with Crippen LogP contribution < -0.4 is 0 Å². The summed E-state index contributed by atoms with van der Waals surface area (Å²) >= 11 is 5.25. The maximum atomic E-state index is 13.2. The molecule has 0 aliphatic heterocycles. The van der Waals surface area contributed by atoms with Gasteiger partial charge in [-0.05, 0) is 6.07 Å². The Hall–Kier alpha value is -1.20. The molecule has 0 spiro atoms. The Morgan fingerprint density at radius 3 is 2.60 bits per heavy atom. The molecule has 0 unspecified atom stereocenters. The largest absolute Gasteiger partial charge is 0.481 e. The second kappa shape index (κ2) is 4.55. The van der Waals surface area contributed by atoms with Crippen LogP contribution in [0.25, 0.3) is 0 Å². The van der Waals surface area contributed by atoms with Gasteiger partial charge in [-0.2, -0.15) is 0 Å². The van der Waals surface area contributed by atoms with Crippen molar-refractivity contribution in [1.29, 1.82) is 0 Å². The van der Waals surface area contributed by atoms with Crippen molar-refractivity contribution < 1.29 is 23.8 Å². The van der Waals surface area contributed by atoms with Crippen LogP contribution >= 0.6 is 11.6 Å². The molecule has 1 atom stereocenters. The second-order valence-corrected chi connectivity index (χ2v) is 3.26. The van der Waals surface area contributed by atoms with Crippen LogP contribution in [0.2, 0.25) is 5.02 Å². The van der Waals surface area contributed by atoms with Crippen molar-refractivity contribution in [2.75, 3.05) is 0 Å². The van der Waals surface area contributed by atoms with Crippen molar-refractivity contribution in [3.8, 4) is 0 Å². The molecule has 0 fully saturated rings. The lowest BCUT2D eigenvalue weighted by Gasteiger charge is -2.10. The van der Waals surface area contributed by atoms with Crippen molar-refractivity contribution in [2.45, 2.75) is 12.5 Å². The average Bonchev–Trinajstić information content (AvgIpc) is 2.13. The fraction of sp³-hybridized carbons (Fsp3) is 0.222. The maximum Gasteiger partial charge on any atom is 0.306 e. The van der Waals surface area contributed by atoms with Crippen LogP contribution in [0.3, 0.4) is 0 Å². The number of carbonyl (C=O) groups is 1. The average molecular weight is 237 g/mol. The lowest BCUT2D eigenvalue weighted by Crippen LogP contribution is -2.08. The molecule has 0 bridgehead atoms. The van der Waals surface area contributed by atoms with E-state index in [4.69, 9.17) is 16.7 Å². The monoisotopic (exact) mass is 236 g/mol. The molecule has 0 saturated heterocycles. The Morgan fingerprint density at radius 2 is 2.07 bits per heavy atom. The number of hydrogen-bond acceptors (Lipinski definition) is 2. The van der Waals surface area contributed by atoms with E-state index in [0.717, 1.165) is 12.1 Å². The lowest BCUT2D eigenvalue weighted by molar-refractivity contribution is -0.139. The molecular weight excluding hydrogens is 230 g/mol. The molecule has 0 saturated carbocycles. The fourth-order valence-electron chi connectivity index (χ4n) is 1.07. The number of halogens is 3. The first-order valence-electron chi connectivity index (χ1n) is 3.96. The topological polar surface area (TPSA) is 57.5 Å². The van der Waals surface area contributed by atoms with Gasteiger partial charge in [0.25, 0.3) is 0 Å². The first-order chi connectivity index (χ1) is 6.93. The molecule has 1 aromatic carbocycles. The molecule has 0 radical (unpaired) electrons. The Bertz CT molecular complexity index is 395. The number of carboxylic acids is 1. The zero-order valence-corrected chi connectivity index (χ0v) is 8.13. The first kappa shape index (κ1) is 11.9. The van der Waals surface area contributed by atoms with Gasteiger partial charge in [0, 0.05) is 5.56 Å². The molecule has 1 aromatic rings. The number of aliphatic carboxylic acids is 1. The van der Waals surface area contributed by atoms with Gasteiger partial charge in [0.2, 0.25) is 0 Å². The summed E-state index contributed by atoms with van der Waals surface area (Å²) in [6, 6.07) is 1.83. The van der Waals surface area contributed by atoms with Crippen LogP contribution in [0.1, 0.15) is 18.1 Å². The third-order valence-electron chi connectivity index (χ3n) is 1.79. The molecule has 0 aliphatic rings. The van der Waals surface area contributed by atoms with E-state index < -0.39 is 35.2 Å². The van der Waals surface area contributed by atoms with E-state index >= 15 is 0 Å². The van der Waals surface area contributed by atoms with Crippen LogP contribution in [0.5, 0.6) is 0 Å². The van der Waals surface area contributed by atoms with E-state index in [1.165, 1.54) is 0 Å². The van der Waals surface area contributed by atoms with Gasteiger partial charge in [0.15, 0.2) is 5.82 Å². The smallest absolute Gasteiger partial charge is 0.306 e. The van der Waals surface area contributed by atoms with Crippen molar-refractivity contribution in [3.05, 3.63) is 34.4 Å². The molecule has 2 N–H and O–H groups in total. The van der Waals surface area contributed by atoms with Gasteiger partial charge in [-0.1, -0.05) is 17.7 Å². The Kier molecular flexibility index (Phi) is 3.60. The minimum Gasteiger partial charge on any atom is -0.481 e. The molecule has 0 heterocycles. The highest BCUT2D eigenvalue weighted by Crippen LogP contribution is 2.27. The zero-order valence-electron chi connectivity index (χ0n) is 7.38. The molecule has 0 amide bonds. The van der Waals surface area contributed by atoms with E-state index in [2.05, 4.69) is 0 Å². The minimum atomic E-state index is -1.54. The molecule has 1 rings (SSSR count). The summed E-state index contributed by atoms with van der Waals surface area (Å²) in [4.78, 5) is 10.3. The Balaban J connectivity index is 3.05. The van der Waals surface area contributed by atoms with Crippen molar-refractivity contribution >= 4 is 17.6 Å². The van der Waals surface area contributed by atoms with Gasteiger partial charge in [0.1, 0.15) is 10.8 Å². The Morgan fingerprint density at radius 1 is 1.47 bits per heavy atom. The van der Waals surface area contributed by atoms with Gasteiger partial charge < -0.3 is 10.2 Å². The fourth-order valence-corrected chi connectivity index (χ4v) is 1.25. The number of aliphatic hydroxyl groups is 1. The number of benzene rings is 1. The van der Waals surface area contributed by atoms with E-state index in [-0.39, 0.29) is 5.56 Å². The molecule has 0 aliphatic carbocycles. The zero-order chi connectivity index (χ0) is 11.6. The molecular formula is C9H7ClF2O3. The van der Waals surface area contributed by atoms with Crippen LogP contribution in [0.15, 0.2) is 12.1 Å². The van der Waals surface area contributed by atoms with Gasteiger partial charge in [-0.3, -0.25) is 4.79 Å². The molecule has 15 heavy (non-hydrogen) atoms. The van der Waals surface area contributed by atoms with Gasteiger partial charge in [0.05, 0.1) is 12.5 Å². The minimum absolute atomic E-state index is 0.330. The summed E-state index contributed by atoms with van der Waals surface area (Å²) in [6.07, 6.45) is -2.21. The third-order valence-corrected chi connectivity index (χ3v) is 2.14. The van der Waals surface area contributed by atoms with Crippen molar-refractivity contribution in [2.24, 2.45) is 0 Å². The number of hydrogen-bond donors (Lipinski definition) is 2. The van der Waals surface area contributed by atoms with Crippen LogP contribution in [0, 0.1) is 11.6 Å². The van der Waals surface area contributed by atoms with Gasteiger partial charge in [-0.25, -0.2) is 8.78 Å². The molecule has 6 heteroatoms. The highest BCUT2D eigenvalue weighted by molar-refractivity contribution is 6.30. The number of rotatable bonds is 3. The van der Waals surface area contributed by atoms with E-state index in [9.17, 15) is 18.7 Å². The second-order valence-electron chi connectivity index (χ2n) is 2.88. The molecule has 0 aromatic heterocycles. The first-order valence-corrected chi connectivity index (χ1v) is 4.34.